The van der Waals surface area contributed by atoms with Crippen molar-refractivity contribution in [3.05, 3.63) is 59.7 Å². The third-order valence-corrected chi connectivity index (χ3v) is 5.75. The van der Waals surface area contributed by atoms with Crippen LogP contribution in [0.5, 0.6) is 0 Å². The fourth-order valence-electron chi connectivity index (χ4n) is 4.15. The number of benzene rings is 2. The number of nitrogens with one attached hydrogen (secondary N) is 1. The Morgan fingerprint density at radius 1 is 1.16 bits per heavy atom. The lowest BCUT2D eigenvalue weighted by Crippen LogP contribution is -2.42. The fraction of sp³-hybridized carbons (Fsp3) is 0.440. The van der Waals surface area contributed by atoms with Gasteiger partial charge in [0.25, 0.3) is 0 Å². The topological polar surface area (TPSA) is 59.4 Å². The summed E-state index contributed by atoms with van der Waals surface area (Å²) in [6.07, 6.45) is 1.72. The van der Waals surface area contributed by atoms with Crippen molar-refractivity contribution in [3.8, 4) is 0 Å². The van der Waals surface area contributed by atoms with Gasteiger partial charge in [0.1, 0.15) is 5.60 Å². The third kappa shape index (κ3) is 4.84. The second-order valence-electron chi connectivity index (χ2n) is 9.29. The molecule has 31 heavy (non-hydrogen) atoms. The van der Waals surface area contributed by atoms with Gasteiger partial charge in [0.15, 0.2) is 0 Å². The van der Waals surface area contributed by atoms with E-state index in [1.54, 1.807) is 0 Å². The minimum atomic E-state index is -0.487. The van der Waals surface area contributed by atoms with Crippen LogP contribution in [0.25, 0.3) is 11.0 Å². The minimum absolute atomic E-state index is 0.0987. The quantitative estimate of drug-likeness (QED) is 0.616. The lowest BCUT2D eigenvalue weighted by molar-refractivity contribution is 0.0235. The molecule has 1 aliphatic heterocycles. The summed E-state index contributed by atoms with van der Waals surface area (Å²) in [5.74, 6) is 0.834. The molecule has 1 saturated heterocycles. The molecule has 0 aliphatic carbocycles. The molecule has 1 aliphatic rings. The van der Waals surface area contributed by atoms with Gasteiger partial charge >= 0.3 is 6.09 Å². The SMILES string of the molecule is Cc1ccccc1Cn1c(NCC2CCCN2C(=O)OC(C)(C)C)nc2ccccc21. The molecule has 4 rings (SSSR count). The van der Waals surface area contributed by atoms with Gasteiger partial charge in [-0.1, -0.05) is 36.4 Å². The summed E-state index contributed by atoms with van der Waals surface area (Å²) in [6, 6.07) is 16.7. The molecule has 0 radical (unpaired) electrons. The predicted molar refractivity (Wildman–Crippen MR) is 124 cm³/mol. The van der Waals surface area contributed by atoms with Crippen molar-refractivity contribution in [2.45, 2.75) is 58.7 Å². The Morgan fingerprint density at radius 2 is 1.90 bits per heavy atom. The van der Waals surface area contributed by atoms with Crippen LogP contribution >= 0.6 is 0 Å². The zero-order chi connectivity index (χ0) is 22.0. The van der Waals surface area contributed by atoms with Gasteiger partial charge in [-0.05, 0) is 63.8 Å². The average Bonchev–Trinajstić information content (AvgIpc) is 3.32. The minimum Gasteiger partial charge on any atom is -0.444 e. The zero-order valence-corrected chi connectivity index (χ0v) is 18.9. The highest BCUT2D eigenvalue weighted by atomic mass is 16.6. The van der Waals surface area contributed by atoms with Crippen molar-refractivity contribution in [2.24, 2.45) is 0 Å². The van der Waals surface area contributed by atoms with Crippen LogP contribution in [0.3, 0.4) is 0 Å². The standard InChI is InChI=1S/C25H32N4O2/c1-18-10-5-6-11-19(18)17-29-22-14-8-7-13-21(22)27-23(29)26-16-20-12-9-15-28(20)24(30)31-25(2,3)4/h5-8,10-11,13-14,20H,9,12,15-17H2,1-4H3,(H,26,27). The van der Waals surface area contributed by atoms with E-state index in [9.17, 15) is 4.79 Å². The molecule has 1 amide bonds. The number of rotatable bonds is 5. The largest absolute Gasteiger partial charge is 0.444 e. The number of para-hydroxylation sites is 2. The molecule has 6 heteroatoms. The normalized spacial score (nSPS) is 16.6. The van der Waals surface area contributed by atoms with Gasteiger partial charge in [0.05, 0.1) is 23.6 Å². The molecule has 2 aromatic carbocycles. The highest BCUT2D eigenvalue weighted by Crippen LogP contribution is 2.25. The second kappa shape index (κ2) is 8.61. The van der Waals surface area contributed by atoms with Crippen molar-refractivity contribution < 1.29 is 9.53 Å². The molecule has 0 bridgehead atoms. The summed E-state index contributed by atoms with van der Waals surface area (Å²) in [7, 11) is 0. The molecular weight excluding hydrogens is 388 g/mol. The van der Waals surface area contributed by atoms with Crippen LogP contribution in [0, 0.1) is 6.92 Å². The molecule has 0 saturated carbocycles. The van der Waals surface area contributed by atoms with Gasteiger partial charge in [-0.25, -0.2) is 9.78 Å². The van der Waals surface area contributed by atoms with Gasteiger partial charge in [-0.3, -0.25) is 0 Å². The van der Waals surface area contributed by atoms with Crippen LogP contribution in [0.4, 0.5) is 10.7 Å². The highest BCUT2D eigenvalue weighted by molar-refractivity contribution is 5.78. The van der Waals surface area contributed by atoms with E-state index in [0.29, 0.717) is 6.54 Å². The number of hydrogen-bond donors (Lipinski definition) is 1. The molecule has 1 fully saturated rings. The highest BCUT2D eigenvalue weighted by Gasteiger charge is 2.32. The van der Waals surface area contributed by atoms with Crippen molar-refractivity contribution in [1.82, 2.24) is 14.5 Å². The Bertz CT molecular complexity index is 1070. The number of imidazole rings is 1. The number of fused-ring (bicyclic) bond motifs is 1. The number of ether oxygens (including phenoxy) is 1. The van der Waals surface area contributed by atoms with E-state index in [1.165, 1.54) is 11.1 Å². The molecule has 2 heterocycles. The first-order chi connectivity index (χ1) is 14.8. The molecule has 6 nitrogen and oxygen atoms in total. The summed E-state index contributed by atoms with van der Waals surface area (Å²) >= 11 is 0. The number of anilines is 1. The van der Waals surface area contributed by atoms with Gasteiger partial charge in [-0.2, -0.15) is 0 Å². The molecular formula is C25H32N4O2. The van der Waals surface area contributed by atoms with Crippen LogP contribution in [-0.2, 0) is 11.3 Å². The van der Waals surface area contributed by atoms with Gasteiger partial charge < -0.3 is 19.5 Å². The Balaban J connectivity index is 1.54. The monoisotopic (exact) mass is 420 g/mol. The molecule has 1 unspecified atom stereocenters. The molecule has 164 valence electrons. The molecule has 3 aromatic rings. The van der Waals surface area contributed by atoms with Crippen molar-refractivity contribution >= 4 is 23.1 Å². The molecule has 0 spiro atoms. The summed E-state index contributed by atoms with van der Waals surface area (Å²) in [6.45, 7) is 9.98. The van der Waals surface area contributed by atoms with E-state index in [4.69, 9.17) is 9.72 Å². The third-order valence-electron chi connectivity index (χ3n) is 5.75. The number of nitrogens with zero attached hydrogens (tertiary/aromatic N) is 3. The average molecular weight is 421 g/mol. The Labute approximate surface area is 184 Å². The first-order valence-corrected chi connectivity index (χ1v) is 11.0. The first kappa shape index (κ1) is 21.2. The van der Waals surface area contributed by atoms with Gasteiger partial charge in [0.2, 0.25) is 5.95 Å². The number of carbonyl (C=O) groups is 1. The van der Waals surface area contributed by atoms with Crippen molar-refractivity contribution in [3.63, 3.8) is 0 Å². The summed E-state index contributed by atoms with van der Waals surface area (Å²) in [5, 5.41) is 3.53. The summed E-state index contributed by atoms with van der Waals surface area (Å²) in [4.78, 5) is 19.3. The van der Waals surface area contributed by atoms with Crippen LogP contribution < -0.4 is 5.32 Å². The van der Waals surface area contributed by atoms with E-state index < -0.39 is 5.60 Å². The Kier molecular flexibility index (Phi) is 5.90. The maximum atomic E-state index is 12.6. The maximum absolute atomic E-state index is 12.6. The zero-order valence-electron chi connectivity index (χ0n) is 18.9. The Morgan fingerprint density at radius 3 is 2.68 bits per heavy atom. The fourth-order valence-corrected chi connectivity index (χ4v) is 4.15. The van der Waals surface area contributed by atoms with E-state index in [2.05, 4.69) is 47.1 Å². The number of likely N-dealkylation sites (tertiary alicyclic amines) is 1. The predicted octanol–water partition coefficient (Wildman–Crippen LogP) is 5.20. The number of aromatic nitrogens is 2. The van der Waals surface area contributed by atoms with Gasteiger partial charge in [0, 0.05) is 13.1 Å². The second-order valence-corrected chi connectivity index (χ2v) is 9.29. The lowest BCUT2D eigenvalue weighted by atomic mass is 10.1. The summed E-state index contributed by atoms with van der Waals surface area (Å²) in [5.41, 5.74) is 4.11. The number of carbonyl (C=O) groups excluding carboxylic acids is 1. The smallest absolute Gasteiger partial charge is 0.410 e. The number of hydrogen-bond acceptors (Lipinski definition) is 4. The van der Waals surface area contributed by atoms with E-state index in [-0.39, 0.29) is 12.1 Å². The van der Waals surface area contributed by atoms with Crippen LogP contribution in [0.15, 0.2) is 48.5 Å². The molecule has 1 aromatic heterocycles. The van der Waals surface area contributed by atoms with E-state index in [1.807, 2.05) is 43.9 Å². The van der Waals surface area contributed by atoms with E-state index >= 15 is 0 Å². The van der Waals surface area contributed by atoms with E-state index in [0.717, 1.165) is 42.9 Å². The van der Waals surface area contributed by atoms with Crippen molar-refractivity contribution in [2.75, 3.05) is 18.4 Å². The Hall–Kier alpha value is -3.02. The molecule has 1 atom stereocenters. The number of amides is 1. The van der Waals surface area contributed by atoms with Crippen LogP contribution in [0.2, 0.25) is 0 Å². The lowest BCUT2D eigenvalue weighted by Gasteiger charge is -2.28. The maximum Gasteiger partial charge on any atom is 0.410 e. The number of aryl methyl sites for hydroxylation is 1. The first-order valence-electron chi connectivity index (χ1n) is 11.0. The van der Waals surface area contributed by atoms with Crippen molar-refractivity contribution in [1.29, 1.82) is 0 Å². The van der Waals surface area contributed by atoms with Crippen LogP contribution in [-0.4, -0.2) is 45.3 Å². The molecule has 1 N–H and O–H groups in total. The van der Waals surface area contributed by atoms with Gasteiger partial charge in [-0.15, -0.1) is 0 Å². The van der Waals surface area contributed by atoms with Crippen LogP contribution in [0.1, 0.15) is 44.7 Å². The summed E-state index contributed by atoms with van der Waals surface area (Å²) < 4.78 is 7.83.